The molecule has 1 atom stereocenters. The first-order valence-corrected chi connectivity index (χ1v) is 5.95. The quantitative estimate of drug-likeness (QED) is 0.688. The SMILES string of the molecule is CCCC1CCN(C(C#N)CC)CC1. The summed E-state index contributed by atoms with van der Waals surface area (Å²) < 4.78 is 0. The smallest absolute Gasteiger partial charge is 0.0975 e. The van der Waals surface area contributed by atoms with E-state index in [2.05, 4.69) is 24.8 Å². The highest BCUT2D eigenvalue weighted by Crippen LogP contribution is 2.23. The van der Waals surface area contributed by atoms with E-state index in [0.717, 1.165) is 25.4 Å². The van der Waals surface area contributed by atoms with E-state index in [1.54, 1.807) is 0 Å². The summed E-state index contributed by atoms with van der Waals surface area (Å²) in [5, 5.41) is 8.96. The number of likely N-dealkylation sites (tertiary alicyclic amines) is 1. The summed E-state index contributed by atoms with van der Waals surface area (Å²) in [4.78, 5) is 2.35. The second-order valence-corrected chi connectivity index (χ2v) is 4.32. The van der Waals surface area contributed by atoms with Gasteiger partial charge in [-0.05, 0) is 38.3 Å². The summed E-state index contributed by atoms with van der Waals surface area (Å²) in [6.07, 6.45) is 6.24. The lowest BCUT2D eigenvalue weighted by Crippen LogP contribution is -2.40. The largest absolute Gasteiger partial charge is 0.288 e. The molecule has 1 unspecified atom stereocenters. The van der Waals surface area contributed by atoms with E-state index in [1.807, 2.05) is 0 Å². The first kappa shape index (κ1) is 11.5. The van der Waals surface area contributed by atoms with Crippen molar-refractivity contribution in [2.45, 2.75) is 52.0 Å². The van der Waals surface area contributed by atoms with Crippen LogP contribution in [-0.2, 0) is 0 Å². The lowest BCUT2D eigenvalue weighted by Gasteiger charge is -2.34. The van der Waals surface area contributed by atoms with Crippen molar-refractivity contribution in [1.82, 2.24) is 4.90 Å². The van der Waals surface area contributed by atoms with Gasteiger partial charge >= 0.3 is 0 Å². The van der Waals surface area contributed by atoms with Gasteiger partial charge in [0, 0.05) is 0 Å². The molecule has 1 saturated heterocycles. The van der Waals surface area contributed by atoms with E-state index < -0.39 is 0 Å². The zero-order chi connectivity index (χ0) is 10.4. The molecule has 0 aliphatic carbocycles. The van der Waals surface area contributed by atoms with Gasteiger partial charge in [0.1, 0.15) is 0 Å². The molecule has 2 nitrogen and oxygen atoms in total. The maximum Gasteiger partial charge on any atom is 0.0975 e. The molecule has 0 bridgehead atoms. The van der Waals surface area contributed by atoms with Crippen molar-refractivity contribution in [2.75, 3.05) is 13.1 Å². The third-order valence-corrected chi connectivity index (χ3v) is 3.32. The number of nitriles is 1. The Morgan fingerprint density at radius 1 is 1.36 bits per heavy atom. The molecule has 14 heavy (non-hydrogen) atoms. The monoisotopic (exact) mass is 194 g/mol. The summed E-state index contributed by atoms with van der Waals surface area (Å²) >= 11 is 0. The van der Waals surface area contributed by atoms with Gasteiger partial charge in [-0.15, -0.1) is 0 Å². The Morgan fingerprint density at radius 2 is 2.00 bits per heavy atom. The first-order valence-electron chi connectivity index (χ1n) is 5.95. The predicted octanol–water partition coefficient (Wildman–Crippen LogP) is 2.80. The lowest BCUT2D eigenvalue weighted by molar-refractivity contribution is 0.150. The average molecular weight is 194 g/mol. The Hall–Kier alpha value is -0.550. The van der Waals surface area contributed by atoms with Crippen LogP contribution >= 0.6 is 0 Å². The molecule has 0 aromatic carbocycles. The first-order chi connectivity index (χ1) is 6.81. The molecular formula is C12H22N2. The van der Waals surface area contributed by atoms with Crippen molar-refractivity contribution in [3.05, 3.63) is 0 Å². The van der Waals surface area contributed by atoms with E-state index in [-0.39, 0.29) is 6.04 Å². The minimum Gasteiger partial charge on any atom is -0.288 e. The Bertz CT molecular complexity index is 187. The highest BCUT2D eigenvalue weighted by Gasteiger charge is 2.23. The topological polar surface area (TPSA) is 27.0 Å². The maximum absolute atomic E-state index is 8.96. The third-order valence-electron chi connectivity index (χ3n) is 3.32. The molecule has 80 valence electrons. The van der Waals surface area contributed by atoms with Gasteiger partial charge in [-0.3, -0.25) is 4.90 Å². The summed E-state index contributed by atoms with van der Waals surface area (Å²) in [5.74, 6) is 0.924. The van der Waals surface area contributed by atoms with Gasteiger partial charge in [-0.25, -0.2) is 0 Å². The fraction of sp³-hybridized carbons (Fsp3) is 0.917. The van der Waals surface area contributed by atoms with Crippen LogP contribution in [0, 0.1) is 17.2 Å². The summed E-state index contributed by atoms with van der Waals surface area (Å²) in [6, 6.07) is 2.56. The molecule has 0 aromatic heterocycles. The Kier molecular flexibility index (Phi) is 4.97. The zero-order valence-electron chi connectivity index (χ0n) is 9.50. The van der Waals surface area contributed by atoms with E-state index >= 15 is 0 Å². The Balaban J connectivity index is 2.31. The minimum atomic E-state index is 0.164. The molecule has 1 aliphatic rings. The highest BCUT2D eigenvalue weighted by molar-refractivity contribution is 4.92. The van der Waals surface area contributed by atoms with Crippen LogP contribution in [0.15, 0.2) is 0 Å². The number of hydrogen-bond acceptors (Lipinski definition) is 2. The predicted molar refractivity (Wildman–Crippen MR) is 58.9 cm³/mol. The number of nitrogens with zero attached hydrogens (tertiary/aromatic N) is 2. The molecule has 0 aromatic rings. The number of piperidine rings is 1. The number of hydrogen-bond donors (Lipinski definition) is 0. The lowest BCUT2D eigenvalue weighted by atomic mass is 9.91. The Morgan fingerprint density at radius 3 is 2.43 bits per heavy atom. The van der Waals surface area contributed by atoms with E-state index in [9.17, 15) is 0 Å². The molecule has 1 fully saturated rings. The minimum absolute atomic E-state index is 0.164. The molecule has 1 heterocycles. The fourth-order valence-corrected chi connectivity index (χ4v) is 2.39. The van der Waals surface area contributed by atoms with Crippen LogP contribution in [0.25, 0.3) is 0 Å². The average Bonchev–Trinajstić information content (AvgIpc) is 2.23. The molecule has 1 aliphatic heterocycles. The fourth-order valence-electron chi connectivity index (χ4n) is 2.39. The standard InChI is InChI=1S/C12H22N2/c1-3-5-11-6-8-14(9-7-11)12(4-2)10-13/h11-12H,3-9H2,1-2H3. The highest BCUT2D eigenvalue weighted by atomic mass is 15.2. The second kappa shape index (κ2) is 6.03. The van der Waals surface area contributed by atoms with Gasteiger partial charge in [-0.2, -0.15) is 5.26 Å². The van der Waals surface area contributed by atoms with E-state index in [4.69, 9.17) is 5.26 Å². The van der Waals surface area contributed by atoms with Gasteiger partial charge in [0.05, 0.1) is 12.1 Å². The van der Waals surface area contributed by atoms with Gasteiger partial charge in [0.2, 0.25) is 0 Å². The summed E-state index contributed by atoms with van der Waals surface area (Å²) in [7, 11) is 0. The van der Waals surface area contributed by atoms with Crippen molar-refractivity contribution in [3.8, 4) is 6.07 Å². The zero-order valence-corrected chi connectivity index (χ0v) is 9.50. The van der Waals surface area contributed by atoms with Crippen LogP contribution in [0.2, 0.25) is 0 Å². The molecular weight excluding hydrogens is 172 g/mol. The molecule has 0 saturated carbocycles. The van der Waals surface area contributed by atoms with E-state index in [0.29, 0.717) is 0 Å². The van der Waals surface area contributed by atoms with Crippen molar-refractivity contribution in [1.29, 1.82) is 5.26 Å². The van der Waals surface area contributed by atoms with Crippen LogP contribution in [0.1, 0.15) is 46.0 Å². The third kappa shape index (κ3) is 2.99. The van der Waals surface area contributed by atoms with Crippen LogP contribution in [0.3, 0.4) is 0 Å². The van der Waals surface area contributed by atoms with Crippen molar-refractivity contribution >= 4 is 0 Å². The molecule has 0 amide bonds. The molecule has 0 N–H and O–H groups in total. The van der Waals surface area contributed by atoms with Crippen molar-refractivity contribution < 1.29 is 0 Å². The van der Waals surface area contributed by atoms with Gasteiger partial charge in [0.25, 0.3) is 0 Å². The van der Waals surface area contributed by atoms with Crippen LogP contribution in [0.5, 0.6) is 0 Å². The van der Waals surface area contributed by atoms with Gasteiger partial charge < -0.3 is 0 Å². The van der Waals surface area contributed by atoms with Gasteiger partial charge in [0.15, 0.2) is 0 Å². The second-order valence-electron chi connectivity index (χ2n) is 4.32. The van der Waals surface area contributed by atoms with Crippen LogP contribution in [-0.4, -0.2) is 24.0 Å². The Labute approximate surface area is 87.9 Å². The van der Waals surface area contributed by atoms with E-state index in [1.165, 1.54) is 25.7 Å². The maximum atomic E-state index is 8.96. The normalized spacial score (nSPS) is 21.8. The number of rotatable bonds is 4. The van der Waals surface area contributed by atoms with Crippen molar-refractivity contribution in [3.63, 3.8) is 0 Å². The molecule has 2 heteroatoms. The molecule has 0 radical (unpaired) electrons. The summed E-state index contributed by atoms with van der Waals surface area (Å²) in [6.45, 7) is 6.63. The molecule has 1 rings (SSSR count). The summed E-state index contributed by atoms with van der Waals surface area (Å²) in [5.41, 5.74) is 0. The van der Waals surface area contributed by atoms with Crippen LogP contribution < -0.4 is 0 Å². The van der Waals surface area contributed by atoms with Gasteiger partial charge in [-0.1, -0.05) is 26.7 Å². The van der Waals surface area contributed by atoms with Crippen molar-refractivity contribution in [2.24, 2.45) is 5.92 Å². The molecule has 0 spiro atoms. The van der Waals surface area contributed by atoms with Crippen LogP contribution in [0.4, 0.5) is 0 Å².